The van der Waals surface area contributed by atoms with Crippen molar-refractivity contribution in [2.24, 2.45) is 5.92 Å². The summed E-state index contributed by atoms with van der Waals surface area (Å²) in [4.78, 5) is 37.9. The van der Waals surface area contributed by atoms with Crippen LogP contribution in [0.1, 0.15) is 36.2 Å². The van der Waals surface area contributed by atoms with E-state index in [2.05, 4.69) is 15.1 Å². The SMILES string of the molecule is CC(C)[C@H]1c2nc(-c3ccccc3)nn2CCN1C(=O)c1ncc[nH]c1=O. The summed E-state index contributed by atoms with van der Waals surface area (Å²) in [6, 6.07) is 9.47. The second-order valence-corrected chi connectivity index (χ2v) is 6.84. The minimum atomic E-state index is -0.484. The quantitative estimate of drug-likeness (QED) is 0.765. The zero-order chi connectivity index (χ0) is 19.0. The molecule has 0 spiro atoms. The summed E-state index contributed by atoms with van der Waals surface area (Å²) in [6.07, 6.45) is 2.83. The second-order valence-electron chi connectivity index (χ2n) is 6.84. The van der Waals surface area contributed by atoms with E-state index < -0.39 is 5.56 Å². The lowest BCUT2D eigenvalue weighted by Crippen LogP contribution is -2.46. The van der Waals surface area contributed by atoms with Gasteiger partial charge < -0.3 is 9.88 Å². The molecule has 4 rings (SSSR count). The fraction of sp³-hybridized carbons (Fsp3) is 0.316. The molecule has 3 aromatic rings. The number of nitrogens with one attached hydrogen (secondary N) is 1. The Morgan fingerprint density at radius 2 is 2.00 bits per heavy atom. The van der Waals surface area contributed by atoms with E-state index in [9.17, 15) is 9.59 Å². The number of carbonyl (C=O) groups is 1. The molecule has 8 heteroatoms. The lowest BCUT2D eigenvalue weighted by molar-refractivity contribution is 0.0528. The van der Waals surface area contributed by atoms with Crippen LogP contribution in [0, 0.1) is 5.92 Å². The zero-order valence-electron chi connectivity index (χ0n) is 15.2. The number of benzene rings is 1. The van der Waals surface area contributed by atoms with Gasteiger partial charge in [-0.2, -0.15) is 5.10 Å². The van der Waals surface area contributed by atoms with Crippen molar-refractivity contribution >= 4 is 5.91 Å². The molecule has 27 heavy (non-hydrogen) atoms. The van der Waals surface area contributed by atoms with Crippen molar-refractivity contribution in [1.29, 1.82) is 0 Å². The second kappa shape index (κ2) is 6.79. The molecule has 0 aliphatic carbocycles. The molecule has 0 fully saturated rings. The molecule has 0 saturated heterocycles. The lowest BCUT2D eigenvalue weighted by atomic mass is 9.99. The maximum atomic E-state index is 13.0. The van der Waals surface area contributed by atoms with Crippen LogP contribution in [0.25, 0.3) is 11.4 Å². The third-order valence-electron chi connectivity index (χ3n) is 4.69. The molecule has 0 saturated carbocycles. The van der Waals surface area contributed by atoms with Gasteiger partial charge in [0.05, 0.1) is 12.6 Å². The van der Waals surface area contributed by atoms with E-state index in [1.54, 1.807) is 4.90 Å². The normalized spacial score (nSPS) is 16.4. The van der Waals surface area contributed by atoms with Crippen LogP contribution in [0.3, 0.4) is 0 Å². The largest absolute Gasteiger partial charge is 0.326 e. The van der Waals surface area contributed by atoms with Crippen LogP contribution >= 0.6 is 0 Å². The number of hydrogen-bond donors (Lipinski definition) is 1. The molecular formula is C19H20N6O2. The summed E-state index contributed by atoms with van der Waals surface area (Å²) < 4.78 is 1.86. The number of hydrogen-bond acceptors (Lipinski definition) is 5. The molecule has 1 aliphatic heterocycles. The Labute approximate surface area is 155 Å². The minimum absolute atomic E-state index is 0.0978. The standard InChI is InChI=1S/C19H20N6O2/c1-12(2)15-17-22-16(13-6-4-3-5-7-13)23-25(17)11-10-24(15)19(27)14-18(26)21-9-8-20-14/h3-9,12,15H,10-11H2,1-2H3,(H,21,26)/t15-/m0/s1. The van der Waals surface area contributed by atoms with Gasteiger partial charge in [0.2, 0.25) is 0 Å². The molecule has 138 valence electrons. The van der Waals surface area contributed by atoms with Crippen molar-refractivity contribution in [3.8, 4) is 11.4 Å². The van der Waals surface area contributed by atoms with Crippen LogP contribution in [0.2, 0.25) is 0 Å². The molecule has 0 radical (unpaired) electrons. The lowest BCUT2D eigenvalue weighted by Gasteiger charge is -2.37. The summed E-state index contributed by atoms with van der Waals surface area (Å²) in [5.74, 6) is 1.09. The first-order chi connectivity index (χ1) is 13.1. The monoisotopic (exact) mass is 364 g/mol. The van der Waals surface area contributed by atoms with Crippen molar-refractivity contribution in [3.63, 3.8) is 0 Å². The van der Waals surface area contributed by atoms with E-state index in [-0.39, 0.29) is 23.6 Å². The first kappa shape index (κ1) is 17.1. The van der Waals surface area contributed by atoms with Crippen molar-refractivity contribution in [2.45, 2.75) is 26.4 Å². The van der Waals surface area contributed by atoms with Crippen molar-refractivity contribution in [1.82, 2.24) is 29.6 Å². The average Bonchev–Trinajstić information content (AvgIpc) is 3.12. The van der Waals surface area contributed by atoms with Gasteiger partial charge in [0.25, 0.3) is 11.5 Å². The van der Waals surface area contributed by atoms with E-state index in [0.717, 1.165) is 11.4 Å². The number of amides is 1. The van der Waals surface area contributed by atoms with E-state index in [1.165, 1.54) is 12.4 Å². The number of carbonyl (C=O) groups excluding carboxylic acids is 1. The van der Waals surface area contributed by atoms with Gasteiger partial charge in [0, 0.05) is 24.5 Å². The van der Waals surface area contributed by atoms with Crippen LogP contribution in [0.5, 0.6) is 0 Å². The van der Waals surface area contributed by atoms with Crippen molar-refractivity contribution in [2.75, 3.05) is 6.54 Å². The Bertz CT molecular complexity index is 1020. The number of aromatic nitrogens is 5. The van der Waals surface area contributed by atoms with Gasteiger partial charge in [0.15, 0.2) is 17.3 Å². The molecule has 1 amide bonds. The Kier molecular flexibility index (Phi) is 4.31. The van der Waals surface area contributed by atoms with E-state index in [0.29, 0.717) is 18.9 Å². The summed E-state index contributed by atoms with van der Waals surface area (Å²) in [6.45, 7) is 5.03. The topological polar surface area (TPSA) is 96.8 Å². The van der Waals surface area contributed by atoms with Gasteiger partial charge in [-0.05, 0) is 5.92 Å². The van der Waals surface area contributed by atoms with Crippen LogP contribution in [-0.2, 0) is 6.54 Å². The molecule has 2 aromatic heterocycles. The van der Waals surface area contributed by atoms with Crippen LogP contribution in [0.4, 0.5) is 0 Å². The molecular weight excluding hydrogens is 344 g/mol. The molecule has 0 bridgehead atoms. The van der Waals surface area contributed by atoms with Crippen LogP contribution < -0.4 is 5.56 Å². The molecule has 8 nitrogen and oxygen atoms in total. The summed E-state index contributed by atoms with van der Waals surface area (Å²) in [5, 5.41) is 4.62. The predicted molar refractivity (Wildman–Crippen MR) is 98.9 cm³/mol. The highest BCUT2D eigenvalue weighted by atomic mass is 16.2. The summed E-state index contributed by atoms with van der Waals surface area (Å²) in [7, 11) is 0. The highest BCUT2D eigenvalue weighted by Gasteiger charge is 2.37. The minimum Gasteiger partial charge on any atom is -0.326 e. The number of rotatable bonds is 3. The Morgan fingerprint density at radius 1 is 1.22 bits per heavy atom. The van der Waals surface area contributed by atoms with Gasteiger partial charge in [-0.25, -0.2) is 14.6 Å². The van der Waals surface area contributed by atoms with E-state index in [4.69, 9.17) is 4.98 Å². The highest BCUT2D eigenvalue weighted by molar-refractivity contribution is 5.92. The van der Waals surface area contributed by atoms with Crippen molar-refractivity contribution in [3.05, 3.63) is 64.6 Å². The molecule has 3 heterocycles. The third kappa shape index (κ3) is 3.03. The van der Waals surface area contributed by atoms with Gasteiger partial charge in [-0.3, -0.25) is 9.59 Å². The molecule has 1 aromatic carbocycles. The van der Waals surface area contributed by atoms with E-state index >= 15 is 0 Å². The summed E-state index contributed by atoms with van der Waals surface area (Å²) >= 11 is 0. The number of nitrogens with zero attached hydrogens (tertiary/aromatic N) is 5. The number of aromatic amines is 1. The molecule has 1 atom stereocenters. The number of fused-ring (bicyclic) bond motifs is 1. The average molecular weight is 364 g/mol. The smallest absolute Gasteiger partial charge is 0.279 e. The Hall–Kier alpha value is -3.29. The predicted octanol–water partition coefficient (Wildman–Crippen LogP) is 1.88. The van der Waals surface area contributed by atoms with Gasteiger partial charge in [0.1, 0.15) is 0 Å². The third-order valence-corrected chi connectivity index (χ3v) is 4.69. The van der Waals surface area contributed by atoms with Gasteiger partial charge in [-0.15, -0.1) is 0 Å². The van der Waals surface area contributed by atoms with Gasteiger partial charge >= 0.3 is 0 Å². The fourth-order valence-corrected chi connectivity index (χ4v) is 3.45. The maximum absolute atomic E-state index is 13.0. The maximum Gasteiger partial charge on any atom is 0.279 e. The van der Waals surface area contributed by atoms with Crippen molar-refractivity contribution < 1.29 is 4.79 Å². The van der Waals surface area contributed by atoms with Crippen LogP contribution in [-0.4, -0.2) is 42.1 Å². The van der Waals surface area contributed by atoms with Gasteiger partial charge in [-0.1, -0.05) is 44.2 Å². The van der Waals surface area contributed by atoms with E-state index in [1.807, 2.05) is 48.9 Å². The Balaban J connectivity index is 1.74. The Morgan fingerprint density at radius 3 is 2.70 bits per heavy atom. The first-order valence-electron chi connectivity index (χ1n) is 8.91. The molecule has 0 unspecified atom stereocenters. The summed E-state index contributed by atoms with van der Waals surface area (Å²) in [5.41, 5.74) is 0.349. The van der Waals surface area contributed by atoms with Crippen LogP contribution in [0.15, 0.2) is 47.5 Å². The highest BCUT2D eigenvalue weighted by Crippen LogP contribution is 2.32. The first-order valence-corrected chi connectivity index (χ1v) is 8.91. The number of H-pyrrole nitrogens is 1. The fourth-order valence-electron chi connectivity index (χ4n) is 3.45. The molecule has 1 aliphatic rings. The zero-order valence-corrected chi connectivity index (χ0v) is 15.2. The molecule has 1 N–H and O–H groups in total.